The maximum absolute atomic E-state index is 11.9. The standard InChI is InChI=1S/C13H20N4O2/c1-19-7-6-13(4-5-13)9-16-12(18)11-3-2-10(17-14)8-15-11/h2-3,8,17H,4-7,9,14H2,1H3,(H,16,18). The number of nitrogens with one attached hydrogen (secondary N) is 2. The van der Waals surface area contributed by atoms with Gasteiger partial charge in [-0.1, -0.05) is 0 Å². The fourth-order valence-electron chi connectivity index (χ4n) is 1.98. The molecule has 1 saturated carbocycles. The van der Waals surface area contributed by atoms with Crippen molar-refractivity contribution in [3.05, 3.63) is 24.0 Å². The summed E-state index contributed by atoms with van der Waals surface area (Å²) in [5.74, 6) is 5.10. The van der Waals surface area contributed by atoms with Gasteiger partial charge in [-0.25, -0.2) is 4.98 Å². The van der Waals surface area contributed by atoms with Crippen molar-refractivity contribution in [1.29, 1.82) is 0 Å². The zero-order valence-electron chi connectivity index (χ0n) is 11.1. The largest absolute Gasteiger partial charge is 0.385 e. The first kappa shape index (κ1) is 13.8. The molecule has 0 unspecified atom stereocenters. The molecule has 104 valence electrons. The van der Waals surface area contributed by atoms with Gasteiger partial charge < -0.3 is 15.5 Å². The van der Waals surface area contributed by atoms with Gasteiger partial charge in [0.25, 0.3) is 5.91 Å². The van der Waals surface area contributed by atoms with Gasteiger partial charge in [0.05, 0.1) is 11.9 Å². The summed E-state index contributed by atoms with van der Waals surface area (Å²) in [4.78, 5) is 16.0. The normalized spacial score (nSPS) is 15.9. The molecule has 6 nitrogen and oxygen atoms in total. The zero-order valence-corrected chi connectivity index (χ0v) is 11.1. The van der Waals surface area contributed by atoms with Crippen LogP contribution >= 0.6 is 0 Å². The number of carbonyl (C=O) groups excluding carboxylic acids is 1. The minimum atomic E-state index is -0.146. The molecule has 4 N–H and O–H groups in total. The van der Waals surface area contributed by atoms with E-state index in [1.54, 1.807) is 19.2 Å². The van der Waals surface area contributed by atoms with Crippen molar-refractivity contribution >= 4 is 11.6 Å². The van der Waals surface area contributed by atoms with Crippen LogP contribution in [0.1, 0.15) is 29.8 Å². The van der Waals surface area contributed by atoms with Gasteiger partial charge in [-0.15, -0.1) is 0 Å². The van der Waals surface area contributed by atoms with E-state index in [4.69, 9.17) is 10.6 Å². The van der Waals surface area contributed by atoms with Gasteiger partial charge in [0, 0.05) is 20.3 Å². The van der Waals surface area contributed by atoms with E-state index in [2.05, 4.69) is 15.7 Å². The molecule has 0 spiro atoms. The average Bonchev–Trinajstić information content (AvgIpc) is 3.23. The Labute approximate surface area is 112 Å². The van der Waals surface area contributed by atoms with Crippen LogP contribution in [-0.4, -0.2) is 31.2 Å². The smallest absolute Gasteiger partial charge is 0.269 e. The average molecular weight is 264 g/mol. The number of hydrazine groups is 1. The van der Waals surface area contributed by atoms with Crippen LogP contribution < -0.4 is 16.6 Å². The van der Waals surface area contributed by atoms with Crippen LogP contribution in [0.4, 0.5) is 5.69 Å². The van der Waals surface area contributed by atoms with Gasteiger partial charge >= 0.3 is 0 Å². The third-order valence-corrected chi connectivity index (χ3v) is 3.58. The van der Waals surface area contributed by atoms with Crippen LogP contribution in [0.2, 0.25) is 0 Å². The molecule has 0 radical (unpaired) electrons. The number of aromatic nitrogens is 1. The molecule has 1 aromatic rings. The number of nitrogens with two attached hydrogens (primary N) is 1. The van der Waals surface area contributed by atoms with Gasteiger partial charge in [-0.3, -0.25) is 10.6 Å². The lowest BCUT2D eigenvalue weighted by molar-refractivity contribution is 0.0933. The number of pyridine rings is 1. The molecule has 2 rings (SSSR count). The van der Waals surface area contributed by atoms with E-state index in [9.17, 15) is 4.79 Å². The van der Waals surface area contributed by atoms with Gasteiger partial charge in [0.1, 0.15) is 5.69 Å². The molecule has 0 atom stereocenters. The Hall–Kier alpha value is -1.66. The third kappa shape index (κ3) is 3.65. The van der Waals surface area contributed by atoms with Crippen molar-refractivity contribution in [2.24, 2.45) is 11.3 Å². The predicted molar refractivity (Wildman–Crippen MR) is 72.5 cm³/mol. The molecule has 1 aromatic heterocycles. The van der Waals surface area contributed by atoms with Crippen LogP contribution in [0, 0.1) is 5.41 Å². The highest BCUT2D eigenvalue weighted by atomic mass is 16.5. The summed E-state index contributed by atoms with van der Waals surface area (Å²) in [5, 5.41) is 2.94. The first-order chi connectivity index (χ1) is 9.19. The van der Waals surface area contributed by atoms with Crippen LogP contribution in [0.3, 0.4) is 0 Å². The number of ether oxygens (including phenoxy) is 1. The number of hydrogen-bond donors (Lipinski definition) is 3. The minimum Gasteiger partial charge on any atom is -0.385 e. The van der Waals surface area contributed by atoms with Crippen molar-refractivity contribution in [2.45, 2.75) is 19.3 Å². The monoisotopic (exact) mass is 264 g/mol. The summed E-state index contributed by atoms with van der Waals surface area (Å²) >= 11 is 0. The summed E-state index contributed by atoms with van der Waals surface area (Å²) < 4.78 is 5.09. The Balaban J connectivity index is 1.83. The van der Waals surface area contributed by atoms with Gasteiger partial charge in [-0.2, -0.15) is 0 Å². The molecule has 19 heavy (non-hydrogen) atoms. The van der Waals surface area contributed by atoms with E-state index in [0.717, 1.165) is 25.9 Å². The Morgan fingerprint density at radius 3 is 2.84 bits per heavy atom. The number of nitrogens with zero attached hydrogens (tertiary/aromatic N) is 1. The number of anilines is 1. The topological polar surface area (TPSA) is 89.3 Å². The Morgan fingerprint density at radius 1 is 1.53 bits per heavy atom. The zero-order chi connectivity index (χ0) is 13.7. The summed E-state index contributed by atoms with van der Waals surface area (Å²) in [6.45, 7) is 1.43. The summed E-state index contributed by atoms with van der Waals surface area (Å²) in [5.41, 5.74) is 3.80. The fourth-order valence-corrected chi connectivity index (χ4v) is 1.98. The quantitative estimate of drug-likeness (QED) is 0.503. The molecule has 1 heterocycles. The molecule has 1 aliphatic rings. The first-order valence-electron chi connectivity index (χ1n) is 6.39. The molecular weight excluding hydrogens is 244 g/mol. The van der Waals surface area contributed by atoms with E-state index >= 15 is 0 Å². The van der Waals surface area contributed by atoms with Crippen molar-refractivity contribution in [3.8, 4) is 0 Å². The minimum absolute atomic E-state index is 0.146. The second kappa shape index (κ2) is 5.99. The van der Waals surface area contributed by atoms with Gasteiger partial charge in [-0.05, 0) is 36.8 Å². The molecule has 1 aliphatic carbocycles. The van der Waals surface area contributed by atoms with Gasteiger partial charge in [0.2, 0.25) is 0 Å². The highest BCUT2D eigenvalue weighted by molar-refractivity contribution is 5.92. The van der Waals surface area contributed by atoms with Crippen molar-refractivity contribution in [3.63, 3.8) is 0 Å². The predicted octanol–water partition coefficient (Wildman–Crippen LogP) is 0.914. The van der Waals surface area contributed by atoms with E-state index in [-0.39, 0.29) is 11.3 Å². The molecule has 0 aromatic carbocycles. The van der Waals surface area contributed by atoms with Crippen LogP contribution in [0.5, 0.6) is 0 Å². The number of amides is 1. The Bertz CT molecular complexity index is 429. The molecule has 0 aliphatic heterocycles. The SMILES string of the molecule is COCCC1(CNC(=O)c2ccc(NN)cn2)CC1. The van der Waals surface area contributed by atoms with E-state index in [1.807, 2.05) is 0 Å². The Morgan fingerprint density at radius 2 is 2.32 bits per heavy atom. The molecule has 1 fully saturated rings. The number of nitrogen functional groups attached to an aromatic ring is 1. The van der Waals surface area contributed by atoms with Crippen molar-refractivity contribution < 1.29 is 9.53 Å². The fraction of sp³-hybridized carbons (Fsp3) is 0.538. The van der Waals surface area contributed by atoms with E-state index in [0.29, 0.717) is 17.9 Å². The lowest BCUT2D eigenvalue weighted by Crippen LogP contribution is -2.31. The number of rotatable bonds is 7. The second-order valence-electron chi connectivity index (χ2n) is 5.00. The van der Waals surface area contributed by atoms with Crippen molar-refractivity contribution in [2.75, 3.05) is 25.7 Å². The lowest BCUT2D eigenvalue weighted by Gasteiger charge is -2.15. The van der Waals surface area contributed by atoms with Crippen molar-refractivity contribution in [1.82, 2.24) is 10.3 Å². The molecule has 6 heteroatoms. The van der Waals surface area contributed by atoms with Crippen LogP contribution in [-0.2, 0) is 4.74 Å². The maximum Gasteiger partial charge on any atom is 0.269 e. The highest BCUT2D eigenvalue weighted by Gasteiger charge is 2.42. The van der Waals surface area contributed by atoms with Crippen LogP contribution in [0.15, 0.2) is 18.3 Å². The highest BCUT2D eigenvalue weighted by Crippen LogP contribution is 2.48. The molecule has 0 bridgehead atoms. The Kier molecular flexibility index (Phi) is 4.34. The number of carbonyl (C=O) groups is 1. The summed E-state index contributed by atoms with van der Waals surface area (Å²) in [7, 11) is 1.70. The molecular formula is C13H20N4O2. The lowest BCUT2D eigenvalue weighted by atomic mass is 10.0. The first-order valence-corrected chi connectivity index (χ1v) is 6.39. The van der Waals surface area contributed by atoms with Crippen LogP contribution in [0.25, 0.3) is 0 Å². The van der Waals surface area contributed by atoms with Gasteiger partial charge in [0.15, 0.2) is 0 Å². The third-order valence-electron chi connectivity index (χ3n) is 3.58. The number of methoxy groups -OCH3 is 1. The molecule has 0 saturated heterocycles. The van der Waals surface area contributed by atoms with E-state index in [1.165, 1.54) is 6.20 Å². The van der Waals surface area contributed by atoms with E-state index < -0.39 is 0 Å². The summed E-state index contributed by atoms with van der Waals surface area (Å²) in [6, 6.07) is 3.37. The second-order valence-corrected chi connectivity index (χ2v) is 5.00. The maximum atomic E-state index is 11.9. The summed E-state index contributed by atoms with van der Waals surface area (Å²) in [6.07, 6.45) is 4.83. The molecule has 1 amide bonds. The number of hydrogen-bond acceptors (Lipinski definition) is 5.